The second-order valence-electron chi connectivity index (χ2n) is 38.4. The number of hydrogen-bond donors (Lipinski definition) is 0. The van der Waals surface area contributed by atoms with Gasteiger partial charge in [-0.2, -0.15) is 0 Å². The molecule has 0 aromatic carbocycles. The summed E-state index contributed by atoms with van der Waals surface area (Å²) in [5, 5.41) is 41.3. The van der Waals surface area contributed by atoms with Crippen LogP contribution in [0.25, 0.3) is 0 Å². The number of unbranched alkanes of at least 4 members (excludes halogenated alkanes) is 96. The van der Waals surface area contributed by atoms with Gasteiger partial charge in [-0.1, -0.05) is 644 Å². The van der Waals surface area contributed by atoms with Crippen molar-refractivity contribution in [2.75, 3.05) is 0 Å². The number of carboxylic acids is 4. The number of rotatable bonds is 104. The van der Waals surface area contributed by atoms with Gasteiger partial charge in [0.05, 0.1) is 0 Å². The first-order valence-electron chi connectivity index (χ1n) is 55.9. The van der Waals surface area contributed by atoms with Gasteiger partial charge in [-0.15, -0.1) is 0 Å². The molecule has 0 spiro atoms. The first-order chi connectivity index (χ1) is 59.1. The molecule has 0 atom stereocenters. The summed E-state index contributed by atoms with van der Waals surface area (Å²) in [5.74, 6) is -3.60. The van der Waals surface area contributed by atoms with Crippen LogP contribution in [0.4, 0.5) is 0 Å². The Bertz CT molecular complexity index is 1570. The van der Waals surface area contributed by atoms with E-state index in [9.17, 15) is 39.6 Å². The Morgan fingerprint density at radius 3 is 0.207 bits per heavy atom. The van der Waals surface area contributed by atoms with Crippen molar-refractivity contribution in [1.29, 1.82) is 0 Å². The predicted octanol–water partition coefficient (Wildman–Crippen LogP) is 35.6. The molecule has 0 saturated heterocycles. The second-order valence-corrected chi connectivity index (χ2v) is 38.4. The zero-order valence-corrected chi connectivity index (χ0v) is 85.8. The van der Waals surface area contributed by atoms with Crippen LogP contribution >= 0.6 is 0 Å². The molecule has 0 N–H and O–H groups in total. The summed E-state index contributed by atoms with van der Waals surface area (Å²) in [6.07, 6.45) is 139. The monoisotopic (exact) mass is 1780 g/mol. The van der Waals surface area contributed by atoms with Crippen molar-refractivity contribution in [1.82, 2.24) is 0 Å². The average molecular weight is 1790 g/mol. The SMILES string of the molecule is CCCCCCCCCCCCCCCCCCCCCCCCCCCC(=O)[O-].CCCCCCCCCCCCCCCCCCCCCCCCCCCC(=O)[O-].CCCCCCCCCCCCCCCCCCCCCCCCCCCC(=O)[O-].CCCCCCCCCCCCCCCCCCCCCCCCCCCC(=O)[O-].[Zr+4]. The molecule has 0 fully saturated rings. The van der Waals surface area contributed by atoms with Crippen molar-refractivity contribution < 1.29 is 65.8 Å². The molecule has 0 aliphatic rings. The van der Waals surface area contributed by atoms with Crippen molar-refractivity contribution in [3.05, 3.63) is 0 Å². The number of carbonyl (C=O) groups is 4. The van der Waals surface area contributed by atoms with E-state index in [2.05, 4.69) is 27.7 Å². The Labute approximate surface area is 779 Å². The summed E-state index contributed by atoms with van der Waals surface area (Å²) in [4.78, 5) is 41.3. The summed E-state index contributed by atoms with van der Waals surface area (Å²) < 4.78 is 0. The van der Waals surface area contributed by atoms with Gasteiger partial charge in [0.15, 0.2) is 0 Å². The molecule has 720 valence electrons. The van der Waals surface area contributed by atoms with E-state index in [4.69, 9.17) is 0 Å². The van der Waals surface area contributed by atoms with E-state index in [1.807, 2.05) is 0 Å². The van der Waals surface area contributed by atoms with Gasteiger partial charge in [0, 0.05) is 23.9 Å². The summed E-state index contributed by atoms with van der Waals surface area (Å²) >= 11 is 0. The molecule has 0 radical (unpaired) electrons. The molecule has 0 aliphatic carbocycles. The molecule has 8 nitrogen and oxygen atoms in total. The summed E-state index contributed by atoms with van der Waals surface area (Å²) in [7, 11) is 0. The van der Waals surface area contributed by atoms with Gasteiger partial charge in [-0.05, 0) is 51.4 Å². The molecule has 0 saturated carbocycles. The van der Waals surface area contributed by atoms with Gasteiger partial charge in [0.1, 0.15) is 0 Å². The molecule has 0 aromatic rings. The zero-order chi connectivity index (χ0) is 87.8. The van der Waals surface area contributed by atoms with Crippen LogP contribution in [-0.4, -0.2) is 23.9 Å². The third-order valence-corrected chi connectivity index (χ3v) is 25.9. The fraction of sp³-hybridized carbons (Fsp3) is 0.964. The maximum atomic E-state index is 10.3. The molecule has 0 amide bonds. The Kier molecular flexibility index (Phi) is 133. The van der Waals surface area contributed by atoms with Crippen molar-refractivity contribution in [2.45, 2.75) is 695 Å². The van der Waals surface area contributed by atoms with Crippen LogP contribution in [0, 0.1) is 0 Å². The minimum Gasteiger partial charge on any atom is -0.550 e. The maximum Gasteiger partial charge on any atom is 4.00 e. The molecular formula is C112H220O8Zr. The van der Waals surface area contributed by atoms with Crippen LogP contribution in [0.1, 0.15) is 695 Å². The third-order valence-electron chi connectivity index (χ3n) is 25.9. The van der Waals surface area contributed by atoms with Crippen LogP contribution in [0.3, 0.4) is 0 Å². The van der Waals surface area contributed by atoms with Gasteiger partial charge < -0.3 is 39.6 Å². The summed E-state index contributed by atoms with van der Waals surface area (Å²) in [6.45, 7) is 9.17. The van der Waals surface area contributed by atoms with Crippen molar-refractivity contribution >= 4 is 23.9 Å². The minimum atomic E-state index is -0.899. The normalized spacial score (nSPS) is 11.1. The fourth-order valence-electron chi connectivity index (χ4n) is 17.6. The first kappa shape index (κ1) is 128. The summed E-state index contributed by atoms with van der Waals surface area (Å²) in [6, 6.07) is 0. The molecule has 121 heavy (non-hydrogen) atoms. The molecule has 0 aliphatic heterocycles. The standard InChI is InChI=1S/4C28H56O2.Zr/c4*1-2-3-4-5-6-7-8-9-10-11-12-13-14-15-16-17-18-19-20-21-22-23-24-25-26-27-28(29)30;/h4*2-27H2,1H3,(H,29,30);/q;;;;+4/p-4. The fourth-order valence-corrected chi connectivity index (χ4v) is 17.6. The van der Waals surface area contributed by atoms with Crippen LogP contribution in [0.5, 0.6) is 0 Å². The third kappa shape index (κ3) is 142. The van der Waals surface area contributed by atoms with E-state index >= 15 is 0 Å². The van der Waals surface area contributed by atoms with Gasteiger partial charge in [0.2, 0.25) is 0 Å². The Hall–Kier alpha value is -1.24. The van der Waals surface area contributed by atoms with Gasteiger partial charge in [-0.3, -0.25) is 0 Å². The molecule has 0 bridgehead atoms. The van der Waals surface area contributed by atoms with E-state index in [0.29, 0.717) is 0 Å². The Morgan fingerprint density at radius 1 is 0.107 bits per heavy atom. The molecular weight excluding hydrogens is 1560 g/mol. The smallest absolute Gasteiger partial charge is 0.550 e. The average Bonchev–Trinajstić information content (AvgIpc) is 1.28. The Morgan fingerprint density at radius 2 is 0.157 bits per heavy atom. The summed E-state index contributed by atoms with van der Waals surface area (Å²) in [5.41, 5.74) is 0. The van der Waals surface area contributed by atoms with Crippen LogP contribution in [0.2, 0.25) is 0 Å². The minimum absolute atomic E-state index is 0. The van der Waals surface area contributed by atoms with Crippen molar-refractivity contribution in [2.24, 2.45) is 0 Å². The maximum absolute atomic E-state index is 10.3. The van der Waals surface area contributed by atoms with E-state index in [0.717, 1.165) is 51.4 Å². The number of carbonyl (C=O) groups excluding carboxylic acids is 4. The number of aliphatic carboxylic acids is 4. The van der Waals surface area contributed by atoms with E-state index in [-0.39, 0.29) is 51.9 Å². The van der Waals surface area contributed by atoms with Crippen LogP contribution < -0.4 is 20.4 Å². The zero-order valence-electron chi connectivity index (χ0n) is 83.3. The van der Waals surface area contributed by atoms with Crippen molar-refractivity contribution in [3.63, 3.8) is 0 Å². The van der Waals surface area contributed by atoms with Gasteiger partial charge in [0.25, 0.3) is 0 Å². The van der Waals surface area contributed by atoms with Gasteiger partial charge >= 0.3 is 26.2 Å². The molecule has 0 rings (SSSR count). The number of carboxylic acid groups (broad SMARTS) is 4. The van der Waals surface area contributed by atoms with Crippen LogP contribution in [0.15, 0.2) is 0 Å². The molecule has 0 aromatic heterocycles. The van der Waals surface area contributed by atoms with Crippen LogP contribution in [-0.2, 0) is 45.4 Å². The van der Waals surface area contributed by atoms with E-state index in [1.54, 1.807) is 0 Å². The largest absolute Gasteiger partial charge is 4.00 e. The Balaban J connectivity index is -0.000000493. The van der Waals surface area contributed by atoms with E-state index < -0.39 is 23.9 Å². The van der Waals surface area contributed by atoms with Gasteiger partial charge in [-0.25, -0.2) is 0 Å². The topological polar surface area (TPSA) is 161 Å². The predicted molar refractivity (Wildman–Crippen MR) is 523 cm³/mol. The second kappa shape index (κ2) is 125. The molecule has 0 unspecified atom stereocenters. The molecule has 9 heteroatoms. The van der Waals surface area contributed by atoms with Crippen molar-refractivity contribution in [3.8, 4) is 0 Å². The first-order valence-corrected chi connectivity index (χ1v) is 55.9. The number of hydrogen-bond acceptors (Lipinski definition) is 8. The molecule has 0 heterocycles. The quantitative estimate of drug-likeness (QED) is 0.0544. The van der Waals surface area contributed by atoms with E-state index in [1.165, 1.54) is 591 Å².